The van der Waals surface area contributed by atoms with Gasteiger partial charge in [-0.15, -0.1) is 12.4 Å². The second-order valence-corrected chi connectivity index (χ2v) is 9.00. The summed E-state index contributed by atoms with van der Waals surface area (Å²) in [5.74, 6) is -0.877. The first-order valence-corrected chi connectivity index (χ1v) is 14.2. The molecule has 0 fully saturated rings. The molecule has 0 saturated carbocycles. The maximum Gasteiger partial charge on any atom is 0.411 e. The summed E-state index contributed by atoms with van der Waals surface area (Å²) in [6.45, 7) is 13.3. The van der Waals surface area contributed by atoms with E-state index >= 15 is 0 Å². The SMILES string of the molecule is CCN(CC)CCOC(=O)c1ccc(NC(=O)OCCOC(=O)Nc2ccc(C(=O)OCCN(CC)CC)cc2)cc1.Cl. The Hall–Kier alpha value is -3.87. The molecule has 0 spiro atoms. The number of rotatable bonds is 17. The van der Waals surface area contributed by atoms with Crippen LogP contribution >= 0.6 is 12.4 Å². The average Bonchev–Trinajstić information content (AvgIpc) is 3.00. The summed E-state index contributed by atoms with van der Waals surface area (Å²) in [5.41, 5.74) is 1.59. The number of nitrogens with zero attached hydrogens (tertiary/aromatic N) is 2. The highest BCUT2D eigenvalue weighted by atomic mass is 35.5. The third-order valence-electron chi connectivity index (χ3n) is 6.35. The monoisotopic (exact) mass is 622 g/mol. The van der Waals surface area contributed by atoms with Crippen LogP contribution in [0.1, 0.15) is 48.4 Å². The summed E-state index contributed by atoms with van der Waals surface area (Å²) < 4.78 is 20.6. The Morgan fingerprint density at radius 1 is 0.535 bits per heavy atom. The van der Waals surface area contributed by atoms with E-state index < -0.39 is 24.1 Å². The van der Waals surface area contributed by atoms with Gasteiger partial charge in [-0.25, -0.2) is 19.2 Å². The van der Waals surface area contributed by atoms with Crippen LogP contribution in [-0.2, 0) is 18.9 Å². The van der Waals surface area contributed by atoms with E-state index in [0.717, 1.165) is 26.2 Å². The number of ether oxygens (including phenoxy) is 4. The van der Waals surface area contributed by atoms with E-state index in [1.165, 1.54) is 0 Å². The summed E-state index contributed by atoms with van der Waals surface area (Å²) in [4.78, 5) is 52.7. The van der Waals surface area contributed by atoms with Gasteiger partial charge < -0.3 is 28.7 Å². The summed E-state index contributed by atoms with van der Waals surface area (Å²) in [7, 11) is 0. The summed E-state index contributed by atoms with van der Waals surface area (Å²) in [5, 5.41) is 5.06. The lowest BCUT2D eigenvalue weighted by molar-refractivity contribution is 0.0457. The molecule has 0 saturated heterocycles. The Kier molecular flexibility index (Phi) is 18.1. The van der Waals surface area contributed by atoms with Gasteiger partial charge in [0, 0.05) is 24.5 Å². The Bertz CT molecular complexity index is 1030. The van der Waals surface area contributed by atoms with Crippen molar-refractivity contribution < 1.29 is 38.1 Å². The lowest BCUT2D eigenvalue weighted by Crippen LogP contribution is -2.27. The second kappa shape index (κ2) is 20.9. The van der Waals surface area contributed by atoms with E-state index in [1.807, 2.05) is 27.7 Å². The number of anilines is 2. The van der Waals surface area contributed by atoms with Gasteiger partial charge >= 0.3 is 24.1 Å². The van der Waals surface area contributed by atoms with Crippen LogP contribution < -0.4 is 10.6 Å². The molecule has 0 aromatic heterocycles. The number of halogens is 1. The van der Waals surface area contributed by atoms with Crippen LogP contribution in [-0.4, -0.2) is 99.6 Å². The molecule has 2 amide bonds. The maximum atomic E-state index is 12.2. The molecule has 13 heteroatoms. The molecule has 0 radical (unpaired) electrons. The Balaban J connectivity index is 0.00000924. The van der Waals surface area contributed by atoms with E-state index in [4.69, 9.17) is 18.9 Å². The number of hydrogen-bond donors (Lipinski definition) is 2. The fraction of sp³-hybridized carbons (Fsp3) is 0.467. The largest absolute Gasteiger partial charge is 0.461 e. The molecule has 2 aromatic rings. The topological polar surface area (TPSA) is 136 Å². The number of carbonyl (C=O) groups excluding carboxylic acids is 4. The van der Waals surface area contributed by atoms with Crippen LogP contribution in [0.3, 0.4) is 0 Å². The van der Waals surface area contributed by atoms with Crippen LogP contribution in [0, 0.1) is 0 Å². The van der Waals surface area contributed by atoms with Crippen LogP contribution in [0.4, 0.5) is 21.0 Å². The second-order valence-electron chi connectivity index (χ2n) is 9.00. The fourth-order valence-corrected chi connectivity index (χ4v) is 3.74. The predicted octanol–water partition coefficient (Wildman–Crippen LogP) is 4.90. The van der Waals surface area contributed by atoms with Gasteiger partial charge in [0.2, 0.25) is 0 Å². The molecular weight excluding hydrogens is 580 g/mol. The lowest BCUT2D eigenvalue weighted by Gasteiger charge is -2.17. The van der Waals surface area contributed by atoms with E-state index in [-0.39, 0.29) is 25.6 Å². The Labute approximate surface area is 259 Å². The highest BCUT2D eigenvalue weighted by molar-refractivity contribution is 5.92. The van der Waals surface area contributed by atoms with Gasteiger partial charge in [-0.3, -0.25) is 10.6 Å². The molecule has 2 aromatic carbocycles. The molecule has 0 unspecified atom stereocenters. The summed E-state index contributed by atoms with van der Waals surface area (Å²) in [6.07, 6.45) is -1.48. The molecule has 2 rings (SSSR count). The zero-order valence-electron chi connectivity index (χ0n) is 25.3. The van der Waals surface area contributed by atoms with Crippen molar-refractivity contribution in [2.75, 3.05) is 76.3 Å². The van der Waals surface area contributed by atoms with E-state index in [1.54, 1.807) is 48.5 Å². The molecule has 0 bridgehead atoms. The third kappa shape index (κ3) is 14.2. The summed E-state index contributed by atoms with van der Waals surface area (Å²) >= 11 is 0. The van der Waals surface area contributed by atoms with Gasteiger partial charge in [-0.1, -0.05) is 27.7 Å². The summed E-state index contributed by atoms with van der Waals surface area (Å²) in [6, 6.07) is 12.4. The molecule has 0 atom stereocenters. The molecule has 0 aliphatic carbocycles. The van der Waals surface area contributed by atoms with E-state index in [2.05, 4.69) is 20.4 Å². The fourth-order valence-electron chi connectivity index (χ4n) is 3.74. The van der Waals surface area contributed by atoms with Gasteiger partial charge in [-0.05, 0) is 74.7 Å². The standard InChI is InChI=1S/C30H42N4O8.ClH/c1-5-33(6-2)17-19-39-27(35)23-9-13-25(14-10-23)31-29(37)41-21-22-42-30(38)32-26-15-11-24(12-16-26)28(36)40-20-18-34(7-3)8-4;/h9-16H,5-8,17-22H2,1-4H3,(H,31,37)(H,32,38);1H. The molecule has 0 heterocycles. The average molecular weight is 623 g/mol. The minimum absolute atomic E-state index is 0. The number of hydrogen-bond acceptors (Lipinski definition) is 10. The van der Waals surface area contributed by atoms with Crippen molar-refractivity contribution in [1.82, 2.24) is 9.80 Å². The number of likely N-dealkylation sites (N-methyl/N-ethyl adjacent to an activating group) is 2. The van der Waals surface area contributed by atoms with Crippen LogP contribution in [0.25, 0.3) is 0 Å². The molecule has 0 aliphatic heterocycles. The zero-order valence-corrected chi connectivity index (χ0v) is 26.1. The van der Waals surface area contributed by atoms with Gasteiger partial charge in [0.15, 0.2) is 0 Å². The Morgan fingerprint density at radius 3 is 1.16 bits per heavy atom. The van der Waals surface area contributed by atoms with Gasteiger partial charge in [0.05, 0.1) is 11.1 Å². The van der Waals surface area contributed by atoms with Crippen LogP contribution in [0.15, 0.2) is 48.5 Å². The van der Waals surface area contributed by atoms with E-state index in [9.17, 15) is 19.2 Å². The van der Waals surface area contributed by atoms with Crippen molar-refractivity contribution in [3.63, 3.8) is 0 Å². The molecule has 238 valence electrons. The number of nitrogens with one attached hydrogen (secondary N) is 2. The lowest BCUT2D eigenvalue weighted by atomic mass is 10.2. The number of carbonyl (C=O) groups is 4. The van der Waals surface area contributed by atoms with Gasteiger partial charge in [0.1, 0.15) is 26.4 Å². The van der Waals surface area contributed by atoms with Gasteiger partial charge in [0.25, 0.3) is 0 Å². The van der Waals surface area contributed by atoms with Crippen molar-refractivity contribution in [3.05, 3.63) is 59.7 Å². The first kappa shape index (κ1) is 37.2. The van der Waals surface area contributed by atoms with Crippen molar-refractivity contribution in [3.8, 4) is 0 Å². The number of esters is 2. The van der Waals surface area contributed by atoms with Crippen LogP contribution in [0.2, 0.25) is 0 Å². The zero-order chi connectivity index (χ0) is 30.7. The maximum absolute atomic E-state index is 12.2. The van der Waals surface area contributed by atoms with Crippen molar-refractivity contribution in [1.29, 1.82) is 0 Å². The van der Waals surface area contributed by atoms with Gasteiger partial charge in [-0.2, -0.15) is 0 Å². The predicted molar refractivity (Wildman–Crippen MR) is 166 cm³/mol. The minimum Gasteiger partial charge on any atom is -0.461 e. The third-order valence-corrected chi connectivity index (χ3v) is 6.35. The smallest absolute Gasteiger partial charge is 0.411 e. The number of amides is 2. The van der Waals surface area contributed by atoms with Crippen LogP contribution in [0.5, 0.6) is 0 Å². The quantitative estimate of drug-likeness (QED) is 0.142. The molecule has 0 aliphatic rings. The Morgan fingerprint density at radius 2 is 0.860 bits per heavy atom. The normalized spacial score (nSPS) is 10.5. The van der Waals surface area contributed by atoms with Crippen molar-refractivity contribution >= 4 is 47.9 Å². The molecule has 43 heavy (non-hydrogen) atoms. The highest BCUT2D eigenvalue weighted by Gasteiger charge is 2.11. The highest BCUT2D eigenvalue weighted by Crippen LogP contribution is 2.12. The minimum atomic E-state index is -0.742. The van der Waals surface area contributed by atoms with Crippen molar-refractivity contribution in [2.24, 2.45) is 0 Å². The number of benzene rings is 2. The van der Waals surface area contributed by atoms with E-state index in [0.29, 0.717) is 48.8 Å². The first-order chi connectivity index (χ1) is 20.3. The molecule has 2 N–H and O–H groups in total. The first-order valence-electron chi connectivity index (χ1n) is 14.2. The molecular formula is C30H43ClN4O8. The van der Waals surface area contributed by atoms with Crippen molar-refractivity contribution in [2.45, 2.75) is 27.7 Å². The molecule has 12 nitrogen and oxygen atoms in total.